The number of methoxy groups -OCH3 is 1. The van der Waals surface area contributed by atoms with Gasteiger partial charge in [-0.25, -0.2) is 0 Å². The van der Waals surface area contributed by atoms with Crippen LogP contribution < -0.4 is 10.1 Å². The van der Waals surface area contributed by atoms with Gasteiger partial charge in [0.1, 0.15) is 5.75 Å². The minimum atomic E-state index is 0.0784. The number of para-hydroxylation sites is 1. The topological polar surface area (TPSA) is 30.5 Å². The summed E-state index contributed by atoms with van der Waals surface area (Å²) >= 11 is 0. The van der Waals surface area contributed by atoms with Crippen LogP contribution in [0.3, 0.4) is 0 Å². The molecule has 1 unspecified atom stereocenters. The van der Waals surface area contributed by atoms with Gasteiger partial charge in [0.05, 0.1) is 12.2 Å². The van der Waals surface area contributed by atoms with Crippen molar-refractivity contribution in [1.29, 1.82) is 0 Å². The Morgan fingerprint density at radius 3 is 2.89 bits per heavy atom. The molecular weight excluding hydrogens is 238 g/mol. The summed E-state index contributed by atoms with van der Waals surface area (Å²) in [5, 5.41) is 3.45. The number of hydrogen-bond acceptors (Lipinski definition) is 3. The summed E-state index contributed by atoms with van der Waals surface area (Å²) in [6.07, 6.45) is 5.71. The van der Waals surface area contributed by atoms with Gasteiger partial charge in [0.25, 0.3) is 0 Å². The van der Waals surface area contributed by atoms with Gasteiger partial charge < -0.3 is 14.8 Å². The monoisotopic (exact) mass is 261 g/mol. The van der Waals surface area contributed by atoms with Crippen LogP contribution in [0, 0.1) is 0 Å². The van der Waals surface area contributed by atoms with Gasteiger partial charge in [-0.1, -0.05) is 18.2 Å². The first-order chi connectivity index (χ1) is 9.28. The fourth-order valence-corrected chi connectivity index (χ4v) is 3.32. The number of benzene rings is 1. The Morgan fingerprint density at radius 2 is 2.26 bits per heavy atom. The van der Waals surface area contributed by atoms with Crippen LogP contribution in [0.15, 0.2) is 18.2 Å². The van der Waals surface area contributed by atoms with E-state index in [1.165, 1.54) is 30.4 Å². The van der Waals surface area contributed by atoms with E-state index in [1.807, 2.05) is 14.2 Å². The lowest BCUT2D eigenvalue weighted by molar-refractivity contribution is -0.0835. The molecule has 0 aromatic heterocycles. The van der Waals surface area contributed by atoms with E-state index in [0.29, 0.717) is 6.04 Å². The summed E-state index contributed by atoms with van der Waals surface area (Å²) in [6.45, 7) is 0.818. The van der Waals surface area contributed by atoms with E-state index in [9.17, 15) is 0 Å². The normalized spacial score (nSPS) is 21.4. The Bertz CT molecular complexity index is 449. The summed E-state index contributed by atoms with van der Waals surface area (Å²) in [5.41, 5.74) is 2.72. The molecule has 0 bridgehead atoms. The molecule has 0 radical (unpaired) electrons. The van der Waals surface area contributed by atoms with Crippen LogP contribution in [0.1, 0.15) is 42.9 Å². The first-order valence-electron chi connectivity index (χ1n) is 7.25. The highest BCUT2D eigenvalue weighted by molar-refractivity contribution is 5.45. The highest BCUT2D eigenvalue weighted by atomic mass is 16.5. The second kappa shape index (κ2) is 5.14. The van der Waals surface area contributed by atoms with Crippen LogP contribution in [0.4, 0.5) is 0 Å². The molecule has 1 atom stereocenters. The van der Waals surface area contributed by atoms with Crippen LogP contribution in [0.5, 0.6) is 5.75 Å². The maximum atomic E-state index is 5.83. The van der Waals surface area contributed by atoms with E-state index in [4.69, 9.17) is 9.47 Å². The third-order valence-electron chi connectivity index (χ3n) is 4.74. The highest BCUT2D eigenvalue weighted by Crippen LogP contribution is 2.44. The molecule has 1 aliphatic carbocycles. The van der Waals surface area contributed by atoms with E-state index in [1.54, 1.807) is 0 Å². The maximum absolute atomic E-state index is 5.83. The molecule has 0 saturated heterocycles. The number of ether oxygens (including phenoxy) is 2. The molecule has 1 aromatic carbocycles. The molecule has 0 spiro atoms. The Hall–Kier alpha value is -1.06. The van der Waals surface area contributed by atoms with E-state index in [-0.39, 0.29) is 5.60 Å². The zero-order chi connectivity index (χ0) is 13.3. The smallest absolute Gasteiger partial charge is 0.127 e. The van der Waals surface area contributed by atoms with Crippen molar-refractivity contribution >= 4 is 0 Å². The van der Waals surface area contributed by atoms with Gasteiger partial charge in [0, 0.05) is 25.1 Å². The number of hydrogen-bond donors (Lipinski definition) is 1. The minimum absolute atomic E-state index is 0.0784. The van der Waals surface area contributed by atoms with Crippen molar-refractivity contribution in [1.82, 2.24) is 5.32 Å². The first kappa shape index (κ1) is 12.9. The molecule has 3 heteroatoms. The van der Waals surface area contributed by atoms with Crippen molar-refractivity contribution in [3.63, 3.8) is 0 Å². The molecular formula is C16H23NO2. The molecule has 104 valence electrons. The molecule has 1 saturated carbocycles. The van der Waals surface area contributed by atoms with E-state index in [0.717, 1.165) is 25.2 Å². The summed E-state index contributed by atoms with van der Waals surface area (Å²) in [7, 11) is 3.87. The standard InChI is InChI=1S/C16H23NO2/c1-17-14(11-16(18-2)8-4-9-16)13-6-3-5-12-7-10-19-15(12)13/h3,5-6,14,17H,4,7-11H2,1-2H3. The molecule has 3 nitrogen and oxygen atoms in total. The number of fused-ring (bicyclic) bond motifs is 1. The first-order valence-corrected chi connectivity index (χ1v) is 7.25. The van der Waals surface area contributed by atoms with Gasteiger partial charge in [-0.15, -0.1) is 0 Å². The van der Waals surface area contributed by atoms with Crippen molar-refractivity contribution in [3.8, 4) is 5.75 Å². The van der Waals surface area contributed by atoms with Crippen molar-refractivity contribution in [2.75, 3.05) is 20.8 Å². The molecule has 0 amide bonds. The van der Waals surface area contributed by atoms with Crippen molar-refractivity contribution < 1.29 is 9.47 Å². The minimum Gasteiger partial charge on any atom is -0.493 e. The van der Waals surface area contributed by atoms with Crippen LogP contribution >= 0.6 is 0 Å². The summed E-state index contributed by atoms with van der Waals surface area (Å²) in [5.74, 6) is 1.10. The van der Waals surface area contributed by atoms with Crippen LogP contribution in [0.2, 0.25) is 0 Å². The van der Waals surface area contributed by atoms with E-state index < -0.39 is 0 Å². The lowest BCUT2D eigenvalue weighted by atomic mass is 9.74. The Labute approximate surface area is 115 Å². The van der Waals surface area contributed by atoms with Gasteiger partial charge in [-0.3, -0.25) is 0 Å². The molecule has 2 aliphatic rings. The quantitative estimate of drug-likeness (QED) is 0.884. The molecule has 1 aliphatic heterocycles. The molecule has 1 heterocycles. The summed E-state index contributed by atoms with van der Waals surface area (Å²) < 4.78 is 11.6. The van der Waals surface area contributed by atoms with Crippen molar-refractivity contribution in [3.05, 3.63) is 29.3 Å². The van der Waals surface area contributed by atoms with E-state index >= 15 is 0 Å². The van der Waals surface area contributed by atoms with Crippen LogP contribution in [0.25, 0.3) is 0 Å². The molecule has 1 aromatic rings. The Balaban J connectivity index is 1.84. The lowest BCUT2D eigenvalue weighted by Crippen LogP contribution is -2.42. The third-order valence-corrected chi connectivity index (χ3v) is 4.74. The van der Waals surface area contributed by atoms with Gasteiger partial charge >= 0.3 is 0 Å². The van der Waals surface area contributed by atoms with Crippen molar-refractivity contribution in [2.24, 2.45) is 0 Å². The lowest BCUT2D eigenvalue weighted by Gasteiger charge is -2.43. The second-order valence-electron chi connectivity index (χ2n) is 5.72. The summed E-state index contributed by atoms with van der Waals surface area (Å²) in [4.78, 5) is 0. The molecule has 19 heavy (non-hydrogen) atoms. The Morgan fingerprint density at radius 1 is 1.42 bits per heavy atom. The third kappa shape index (κ3) is 2.26. The number of nitrogens with one attached hydrogen (secondary N) is 1. The molecule has 3 rings (SSSR count). The SMILES string of the molecule is CNC(CC1(OC)CCC1)c1cccc2c1OCC2. The molecule has 1 fully saturated rings. The van der Waals surface area contributed by atoms with Crippen LogP contribution in [-0.4, -0.2) is 26.4 Å². The Kier molecular flexibility index (Phi) is 3.50. The zero-order valence-corrected chi connectivity index (χ0v) is 11.9. The average Bonchev–Trinajstić information content (AvgIpc) is 2.87. The molecule has 1 N–H and O–H groups in total. The summed E-state index contributed by atoms with van der Waals surface area (Å²) in [6, 6.07) is 6.82. The number of rotatable bonds is 5. The zero-order valence-electron chi connectivity index (χ0n) is 11.9. The van der Waals surface area contributed by atoms with Gasteiger partial charge in [-0.2, -0.15) is 0 Å². The van der Waals surface area contributed by atoms with Gasteiger partial charge in [-0.05, 0) is 38.3 Å². The predicted octanol–water partition coefficient (Wildman–Crippen LogP) is 2.84. The van der Waals surface area contributed by atoms with E-state index in [2.05, 4.69) is 23.5 Å². The van der Waals surface area contributed by atoms with Gasteiger partial charge in [0.15, 0.2) is 0 Å². The van der Waals surface area contributed by atoms with Gasteiger partial charge in [0.2, 0.25) is 0 Å². The van der Waals surface area contributed by atoms with Crippen molar-refractivity contribution in [2.45, 2.75) is 43.7 Å². The fourth-order valence-electron chi connectivity index (χ4n) is 3.32. The largest absolute Gasteiger partial charge is 0.493 e. The average molecular weight is 261 g/mol. The van der Waals surface area contributed by atoms with Crippen LogP contribution in [-0.2, 0) is 11.2 Å². The predicted molar refractivity (Wildman–Crippen MR) is 75.6 cm³/mol. The maximum Gasteiger partial charge on any atom is 0.127 e. The highest BCUT2D eigenvalue weighted by Gasteiger charge is 2.39. The second-order valence-corrected chi connectivity index (χ2v) is 5.72. The fraction of sp³-hybridized carbons (Fsp3) is 0.625.